The Morgan fingerprint density at radius 2 is 1.74 bits per heavy atom. The number of hydrogen-bond donors (Lipinski definition) is 2. The smallest absolute Gasteiger partial charge is 0.265 e. The molecule has 1 aliphatic heterocycles. The molecule has 2 aromatic carbocycles. The number of amides is 4. The quantitative estimate of drug-likeness (QED) is 0.557. The Kier molecular flexibility index (Phi) is 5.88. The number of imide groups is 1. The van der Waals surface area contributed by atoms with Crippen molar-refractivity contribution in [1.29, 1.82) is 0 Å². The number of nitrogens with zero attached hydrogens (tertiary/aromatic N) is 1. The number of nitrogens with two attached hydrogens (primary N) is 1. The molecule has 1 saturated heterocycles. The molecule has 3 N–H and O–H groups in total. The lowest BCUT2D eigenvalue weighted by atomic mass is 10.2. The molecule has 1 unspecified atom stereocenters. The molecule has 1 atom stereocenters. The molecule has 0 bridgehead atoms. The zero-order valence-electron chi connectivity index (χ0n) is 16.1. The molecule has 1 aliphatic rings. The molecule has 156 valence electrons. The average molecular weight is 452 g/mol. The fourth-order valence-corrected chi connectivity index (χ4v) is 4.80. The first-order valence-electron chi connectivity index (χ1n) is 9.30. The van der Waals surface area contributed by atoms with Gasteiger partial charge in [-0.1, -0.05) is 6.07 Å². The number of anilines is 2. The summed E-state index contributed by atoms with van der Waals surface area (Å²) in [7, 11) is 0. The van der Waals surface area contributed by atoms with Crippen LogP contribution in [0.3, 0.4) is 0 Å². The van der Waals surface area contributed by atoms with Crippen LogP contribution < -0.4 is 16.0 Å². The fourth-order valence-electron chi connectivity index (χ4n) is 3.12. The fraction of sp³-hybridized carbons (Fsp3) is 0.0909. The molecule has 3 aromatic rings. The van der Waals surface area contributed by atoms with Crippen LogP contribution >= 0.6 is 23.1 Å². The summed E-state index contributed by atoms with van der Waals surface area (Å²) in [6.07, 6.45) is 0.0813. The Hall–Kier alpha value is -3.43. The van der Waals surface area contributed by atoms with E-state index in [2.05, 4.69) is 5.32 Å². The minimum atomic E-state index is -0.575. The van der Waals surface area contributed by atoms with Gasteiger partial charge in [0.2, 0.25) is 17.7 Å². The summed E-state index contributed by atoms with van der Waals surface area (Å²) in [5, 5.41) is 4.11. The van der Waals surface area contributed by atoms with Crippen molar-refractivity contribution in [2.45, 2.75) is 16.6 Å². The molecule has 0 saturated carbocycles. The molecule has 2 heterocycles. The number of rotatable bonds is 6. The van der Waals surface area contributed by atoms with Crippen LogP contribution in [0.1, 0.15) is 26.5 Å². The number of primary amides is 1. The van der Waals surface area contributed by atoms with E-state index in [9.17, 15) is 19.2 Å². The SMILES string of the molecule is NC(=O)c1ccc(N2C(=O)CC(Sc3ccc(NC(=O)c4cccs4)cc3)C2=O)cc1. The van der Waals surface area contributed by atoms with Crippen LogP contribution in [0.25, 0.3) is 0 Å². The van der Waals surface area contributed by atoms with Crippen molar-refractivity contribution in [1.82, 2.24) is 0 Å². The van der Waals surface area contributed by atoms with Crippen molar-refractivity contribution >= 4 is 58.1 Å². The van der Waals surface area contributed by atoms with Gasteiger partial charge in [0.15, 0.2) is 0 Å². The van der Waals surface area contributed by atoms with Crippen molar-refractivity contribution in [3.8, 4) is 0 Å². The summed E-state index contributed by atoms with van der Waals surface area (Å²) >= 11 is 2.66. The van der Waals surface area contributed by atoms with Crippen LogP contribution in [0, 0.1) is 0 Å². The normalized spacial score (nSPS) is 15.9. The van der Waals surface area contributed by atoms with Crippen molar-refractivity contribution in [3.05, 3.63) is 76.5 Å². The van der Waals surface area contributed by atoms with Crippen LogP contribution in [0.2, 0.25) is 0 Å². The van der Waals surface area contributed by atoms with Crippen molar-refractivity contribution < 1.29 is 19.2 Å². The van der Waals surface area contributed by atoms with Crippen LogP contribution in [0.15, 0.2) is 70.9 Å². The maximum absolute atomic E-state index is 12.8. The molecule has 1 aromatic heterocycles. The summed E-state index contributed by atoms with van der Waals surface area (Å²) in [4.78, 5) is 51.2. The van der Waals surface area contributed by atoms with E-state index in [1.807, 2.05) is 11.4 Å². The van der Waals surface area contributed by atoms with Gasteiger partial charge in [0.05, 0.1) is 15.8 Å². The molecule has 7 nitrogen and oxygen atoms in total. The molecular weight excluding hydrogens is 434 g/mol. The number of thioether (sulfide) groups is 1. The average Bonchev–Trinajstić information content (AvgIpc) is 3.38. The zero-order chi connectivity index (χ0) is 22.0. The molecule has 0 radical (unpaired) electrons. The van der Waals surface area contributed by atoms with E-state index in [0.717, 1.165) is 9.80 Å². The number of carbonyl (C=O) groups is 4. The van der Waals surface area contributed by atoms with Gasteiger partial charge in [0.1, 0.15) is 0 Å². The Labute approximate surface area is 186 Å². The summed E-state index contributed by atoms with van der Waals surface area (Å²) in [6.45, 7) is 0. The van der Waals surface area contributed by atoms with Crippen molar-refractivity contribution in [2.24, 2.45) is 5.73 Å². The molecule has 4 amide bonds. The first-order chi connectivity index (χ1) is 14.9. The molecule has 0 aliphatic carbocycles. The second-order valence-corrected chi connectivity index (χ2v) is 8.97. The monoisotopic (exact) mass is 451 g/mol. The van der Waals surface area contributed by atoms with E-state index in [-0.39, 0.29) is 24.1 Å². The Morgan fingerprint density at radius 3 is 2.35 bits per heavy atom. The minimum Gasteiger partial charge on any atom is -0.366 e. The van der Waals surface area contributed by atoms with Crippen LogP contribution in [-0.4, -0.2) is 28.9 Å². The third-order valence-electron chi connectivity index (χ3n) is 4.65. The Bertz CT molecular complexity index is 1140. The van der Waals surface area contributed by atoms with Gasteiger partial charge in [0, 0.05) is 22.6 Å². The van der Waals surface area contributed by atoms with E-state index < -0.39 is 11.2 Å². The first-order valence-corrected chi connectivity index (χ1v) is 11.1. The number of hydrogen-bond acceptors (Lipinski definition) is 6. The number of benzene rings is 2. The number of nitrogens with one attached hydrogen (secondary N) is 1. The third kappa shape index (κ3) is 4.52. The van der Waals surface area contributed by atoms with E-state index in [1.165, 1.54) is 47.4 Å². The second kappa shape index (κ2) is 8.75. The highest BCUT2D eigenvalue weighted by Crippen LogP contribution is 2.34. The number of carbonyl (C=O) groups excluding carboxylic acids is 4. The maximum atomic E-state index is 12.8. The van der Waals surface area contributed by atoms with Gasteiger partial charge >= 0.3 is 0 Å². The van der Waals surface area contributed by atoms with E-state index in [0.29, 0.717) is 21.8 Å². The predicted octanol–water partition coefficient (Wildman–Crippen LogP) is 3.52. The lowest BCUT2D eigenvalue weighted by Gasteiger charge is -2.15. The van der Waals surface area contributed by atoms with Crippen molar-refractivity contribution in [2.75, 3.05) is 10.2 Å². The Balaban J connectivity index is 1.41. The molecule has 9 heteroatoms. The predicted molar refractivity (Wildman–Crippen MR) is 120 cm³/mol. The topological polar surface area (TPSA) is 110 Å². The second-order valence-electron chi connectivity index (χ2n) is 6.74. The van der Waals surface area contributed by atoms with Gasteiger partial charge in [-0.3, -0.25) is 19.2 Å². The van der Waals surface area contributed by atoms with Crippen LogP contribution in [0.5, 0.6) is 0 Å². The molecular formula is C22H17N3O4S2. The van der Waals surface area contributed by atoms with Gasteiger partial charge in [-0.15, -0.1) is 23.1 Å². The largest absolute Gasteiger partial charge is 0.366 e. The van der Waals surface area contributed by atoms with Gasteiger partial charge in [-0.05, 0) is 60.0 Å². The zero-order valence-corrected chi connectivity index (χ0v) is 17.7. The molecule has 4 rings (SSSR count). The van der Waals surface area contributed by atoms with Crippen LogP contribution in [-0.2, 0) is 9.59 Å². The van der Waals surface area contributed by atoms with Crippen LogP contribution in [0.4, 0.5) is 11.4 Å². The van der Waals surface area contributed by atoms with Gasteiger partial charge in [0.25, 0.3) is 5.91 Å². The van der Waals surface area contributed by atoms with E-state index >= 15 is 0 Å². The first kappa shape index (κ1) is 20.8. The summed E-state index contributed by atoms with van der Waals surface area (Å²) in [5.74, 6) is -1.36. The highest BCUT2D eigenvalue weighted by atomic mass is 32.2. The van der Waals surface area contributed by atoms with Gasteiger partial charge in [-0.25, -0.2) is 4.90 Å². The summed E-state index contributed by atoms with van der Waals surface area (Å²) < 4.78 is 0. The Morgan fingerprint density at radius 1 is 1.03 bits per heavy atom. The standard InChI is InChI=1S/C22H17N3O4S2/c23-20(27)13-3-7-15(8-4-13)25-19(26)12-18(22(25)29)31-16-9-5-14(6-10-16)24-21(28)17-2-1-11-30-17/h1-11,18H,12H2,(H2,23,27)(H,24,28). The molecule has 0 spiro atoms. The summed E-state index contributed by atoms with van der Waals surface area (Å²) in [6, 6.07) is 16.7. The van der Waals surface area contributed by atoms with E-state index in [1.54, 1.807) is 30.3 Å². The highest BCUT2D eigenvalue weighted by molar-refractivity contribution is 8.00. The van der Waals surface area contributed by atoms with Gasteiger partial charge < -0.3 is 11.1 Å². The lowest BCUT2D eigenvalue weighted by molar-refractivity contribution is -0.121. The summed E-state index contributed by atoms with van der Waals surface area (Å²) in [5.41, 5.74) is 6.59. The lowest BCUT2D eigenvalue weighted by Crippen LogP contribution is -2.31. The van der Waals surface area contributed by atoms with Crippen molar-refractivity contribution in [3.63, 3.8) is 0 Å². The van der Waals surface area contributed by atoms with E-state index in [4.69, 9.17) is 5.73 Å². The molecule has 31 heavy (non-hydrogen) atoms. The maximum Gasteiger partial charge on any atom is 0.265 e. The van der Waals surface area contributed by atoms with Gasteiger partial charge in [-0.2, -0.15) is 0 Å². The molecule has 1 fully saturated rings. The number of thiophene rings is 1. The third-order valence-corrected chi connectivity index (χ3v) is 6.72. The minimum absolute atomic E-state index is 0.0813. The highest BCUT2D eigenvalue weighted by Gasteiger charge is 2.40.